The molecule has 1 heterocycles. The Morgan fingerprint density at radius 1 is 1.38 bits per heavy atom. The number of benzene rings is 1. The van der Waals surface area contributed by atoms with Gasteiger partial charge in [0.05, 0.1) is 19.8 Å². The molecule has 0 saturated carbocycles. The van der Waals surface area contributed by atoms with Crippen LogP contribution in [0.15, 0.2) is 24.3 Å². The molecule has 6 heteroatoms. The van der Waals surface area contributed by atoms with Crippen molar-refractivity contribution < 1.29 is 19.0 Å². The summed E-state index contributed by atoms with van der Waals surface area (Å²) in [5.41, 5.74) is -0.714. The van der Waals surface area contributed by atoms with Crippen LogP contribution in [-0.4, -0.2) is 37.4 Å². The summed E-state index contributed by atoms with van der Waals surface area (Å²) in [7, 11) is 0. The monoisotopic (exact) mass is 296 g/mol. The molecule has 1 atom stereocenters. The number of carbonyl (C=O) groups excluding carboxylic acids is 1. The van der Waals surface area contributed by atoms with Crippen molar-refractivity contribution in [1.29, 1.82) is 0 Å². The van der Waals surface area contributed by atoms with Crippen LogP contribution in [0.3, 0.4) is 0 Å². The molecule has 21 heavy (non-hydrogen) atoms. The van der Waals surface area contributed by atoms with E-state index >= 15 is 0 Å². The third kappa shape index (κ3) is 4.15. The Balaban J connectivity index is 1.80. The summed E-state index contributed by atoms with van der Waals surface area (Å²) >= 11 is 0. The van der Waals surface area contributed by atoms with Gasteiger partial charge >= 0.3 is 6.03 Å². The van der Waals surface area contributed by atoms with Gasteiger partial charge in [-0.1, -0.05) is 19.1 Å². The number of hydrogen-bond acceptors (Lipinski definition) is 3. The summed E-state index contributed by atoms with van der Waals surface area (Å²) < 4.78 is 18.0. The predicted octanol–water partition coefficient (Wildman–Crippen LogP) is 1.37. The molecule has 0 bridgehead atoms. The first-order valence-electron chi connectivity index (χ1n) is 6.89. The molecule has 3 N–H and O–H groups in total. The maximum atomic E-state index is 12.9. The third-order valence-corrected chi connectivity index (χ3v) is 3.64. The molecule has 1 aromatic rings. The van der Waals surface area contributed by atoms with E-state index in [0.29, 0.717) is 25.3 Å². The van der Waals surface area contributed by atoms with Crippen LogP contribution < -0.4 is 10.6 Å². The Kier molecular flexibility index (Phi) is 4.49. The average molecular weight is 296 g/mol. The molecule has 1 aromatic carbocycles. The molecule has 2 amide bonds. The van der Waals surface area contributed by atoms with Crippen LogP contribution in [0.1, 0.15) is 19.4 Å². The molecule has 0 radical (unpaired) electrons. The van der Waals surface area contributed by atoms with E-state index in [4.69, 9.17) is 4.74 Å². The lowest BCUT2D eigenvalue weighted by atomic mass is 9.89. The summed E-state index contributed by atoms with van der Waals surface area (Å²) in [6, 6.07) is 5.22. The van der Waals surface area contributed by atoms with E-state index in [1.54, 1.807) is 6.92 Å². The quantitative estimate of drug-likeness (QED) is 0.768. The number of nitrogens with one attached hydrogen (secondary N) is 2. The second kappa shape index (κ2) is 5.99. The number of aliphatic hydroxyl groups is 1. The molecule has 0 spiro atoms. The number of carbonyl (C=O) groups is 1. The van der Waals surface area contributed by atoms with Gasteiger partial charge in [0.2, 0.25) is 0 Å². The van der Waals surface area contributed by atoms with Gasteiger partial charge in [-0.25, -0.2) is 9.18 Å². The first kappa shape index (κ1) is 15.7. The zero-order valence-electron chi connectivity index (χ0n) is 12.3. The van der Waals surface area contributed by atoms with Crippen molar-refractivity contribution in [3.05, 3.63) is 35.6 Å². The smallest absolute Gasteiger partial charge is 0.314 e. The Morgan fingerprint density at radius 2 is 2.00 bits per heavy atom. The highest BCUT2D eigenvalue weighted by molar-refractivity contribution is 5.74. The van der Waals surface area contributed by atoms with Crippen LogP contribution in [0.2, 0.25) is 0 Å². The molecular weight excluding hydrogens is 275 g/mol. The largest absolute Gasteiger partial charge is 0.384 e. The molecule has 116 valence electrons. The highest BCUT2D eigenvalue weighted by Gasteiger charge is 2.33. The summed E-state index contributed by atoms with van der Waals surface area (Å²) in [6.07, 6.45) is 0. The van der Waals surface area contributed by atoms with Crippen molar-refractivity contribution in [3.63, 3.8) is 0 Å². The zero-order chi connectivity index (χ0) is 15.5. The van der Waals surface area contributed by atoms with E-state index in [9.17, 15) is 14.3 Å². The van der Waals surface area contributed by atoms with Crippen molar-refractivity contribution >= 4 is 6.03 Å². The third-order valence-electron chi connectivity index (χ3n) is 3.64. The molecule has 1 saturated heterocycles. The first-order chi connectivity index (χ1) is 9.81. The number of rotatable bonds is 5. The molecule has 0 aliphatic carbocycles. The molecule has 1 fully saturated rings. The van der Waals surface area contributed by atoms with E-state index in [-0.39, 0.29) is 23.8 Å². The van der Waals surface area contributed by atoms with Gasteiger partial charge in [0, 0.05) is 12.0 Å². The van der Waals surface area contributed by atoms with Crippen LogP contribution in [0.4, 0.5) is 9.18 Å². The Bertz CT molecular complexity index is 498. The minimum absolute atomic E-state index is 0.00316. The molecular formula is C15H21FN2O3. The highest BCUT2D eigenvalue weighted by Crippen LogP contribution is 2.25. The fourth-order valence-corrected chi connectivity index (χ4v) is 2.07. The van der Waals surface area contributed by atoms with Crippen molar-refractivity contribution in [2.24, 2.45) is 5.41 Å². The van der Waals surface area contributed by atoms with Crippen LogP contribution in [0.25, 0.3) is 0 Å². The minimum atomic E-state index is -1.26. The van der Waals surface area contributed by atoms with Crippen LogP contribution in [-0.2, 0) is 10.3 Å². The van der Waals surface area contributed by atoms with E-state index in [0.717, 1.165) is 0 Å². The van der Waals surface area contributed by atoms with E-state index in [1.807, 2.05) is 6.92 Å². The summed E-state index contributed by atoms with van der Waals surface area (Å²) in [6.45, 7) is 5.45. The number of ether oxygens (including phenoxy) is 1. The molecule has 0 aromatic heterocycles. The summed E-state index contributed by atoms with van der Waals surface area (Å²) in [4.78, 5) is 11.7. The summed E-state index contributed by atoms with van der Waals surface area (Å²) in [5.74, 6) is -0.365. The van der Waals surface area contributed by atoms with Crippen molar-refractivity contribution in [3.8, 4) is 0 Å². The van der Waals surface area contributed by atoms with Gasteiger partial charge in [0.15, 0.2) is 0 Å². The van der Waals surface area contributed by atoms with Gasteiger partial charge in [-0.2, -0.15) is 0 Å². The van der Waals surface area contributed by atoms with Gasteiger partial charge in [0.1, 0.15) is 11.4 Å². The van der Waals surface area contributed by atoms with Crippen molar-refractivity contribution in [2.75, 3.05) is 26.3 Å². The van der Waals surface area contributed by atoms with E-state index in [1.165, 1.54) is 24.3 Å². The highest BCUT2D eigenvalue weighted by atomic mass is 19.1. The van der Waals surface area contributed by atoms with Gasteiger partial charge in [-0.3, -0.25) is 0 Å². The Hall–Kier alpha value is -1.66. The number of halogens is 1. The average Bonchev–Trinajstić information content (AvgIpc) is 2.41. The molecule has 1 aliphatic rings. The van der Waals surface area contributed by atoms with Gasteiger partial charge < -0.3 is 20.5 Å². The minimum Gasteiger partial charge on any atom is -0.384 e. The van der Waals surface area contributed by atoms with Crippen molar-refractivity contribution in [2.45, 2.75) is 19.4 Å². The topological polar surface area (TPSA) is 70.6 Å². The molecule has 5 nitrogen and oxygen atoms in total. The fourth-order valence-electron chi connectivity index (χ4n) is 2.07. The van der Waals surface area contributed by atoms with Gasteiger partial charge in [-0.05, 0) is 24.6 Å². The zero-order valence-corrected chi connectivity index (χ0v) is 12.3. The number of amides is 2. The van der Waals surface area contributed by atoms with Crippen LogP contribution in [0.5, 0.6) is 0 Å². The normalized spacial score (nSPS) is 19.2. The fraction of sp³-hybridized carbons (Fsp3) is 0.533. The number of urea groups is 1. The Morgan fingerprint density at radius 3 is 2.52 bits per heavy atom. The number of hydrogen-bond donors (Lipinski definition) is 3. The second-order valence-corrected chi connectivity index (χ2v) is 6.12. The lowest BCUT2D eigenvalue weighted by Crippen LogP contribution is -2.51. The van der Waals surface area contributed by atoms with Crippen molar-refractivity contribution in [1.82, 2.24) is 10.6 Å². The van der Waals surface area contributed by atoms with Gasteiger partial charge in [0.25, 0.3) is 0 Å². The maximum absolute atomic E-state index is 12.9. The van der Waals surface area contributed by atoms with E-state index < -0.39 is 5.60 Å². The first-order valence-corrected chi connectivity index (χ1v) is 6.89. The Labute approximate surface area is 123 Å². The lowest BCUT2D eigenvalue weighted by Gasteiger charge is -2.38. The van der Waals surface area contributed by atoms with Crippen LogP contribution >= 0.6 is 0 Å². The molecule has 1 aliphatic heterocycles. The van der Waals surface area contributed by atoms with E-state index in [2.05, 4.69) is 10.6 Å². The van der Waals surface area contributed by atoms with Gasteiger partial charge in [-0.15, -0.1) is 0 Å². The predicted molar refractivity (Wildman–Crippen MR) is 76.3 cm³/mol. The van der Waals surface area contributed by atoms with Crippen LogP contribution in [0, 0.1) is 11.2 Å². The second-order valence-electron chi connectivity index (χ2n) is 6.12. The standard InChI is InChI=1S/C15H21FN2O3/c1-14(9-21-10-14)7-17-13(19)18-8-15(2,20)11-3-5-12(16)6-4-11/h3-6,20H,7-10H2,1-2H3,(H2,17,18,19). The summed E-state index contributed by atoms with van der Waals surface area (Å²) in [5, 5.41) is 15.7. The molecule has 2 rings (SSSR count). The lowest BCUT2D eigenvalue weighted by molar-refractivity contribution is -0.0976. The maximum Gasteiger partial charge on any atom is 0.314 e. The molecule has 1 unspecified atom stereocenters. The SMILES string of the molecule is CC1(CNC(=O)NCC(C)(O)c2ccc(F)cc2)COC1.